The number of amides is 1. The van der Waals surface area contributed by atoms with E-state index < -0.39 is 0 Å². The third-order valence-electron chi connectivity index (χ3n) is 4.16. The summed E-state index contributed by atoms with van der Waals surface area (Å²) < 4.78 is 14.5. The van der Waals surface area contributed by atoms with E-state index in [0.29, 0.717) is 21.9 Å². The molecule has 0 aliphatic carbocycles. The number of carbonyl (C=O) groups is 1. The predicted octanol–water partition coefficient (Wildman–Crippen LogP) is 3.29. The third kappa shape index (κ3) is 4.19. The van der Waals surface area contributed by atoms with Crippen molar-refractivity contribution in [2.45, 2.75) is 12.1 Å². The summed E-state index contributed by atoms with van der Waals surface area (Å²) in [6.45, 7) is 1.99. The Bertz CT molecular complexity index is 1230. The molecule has 4 aromatic rings. The number of rotatable bonds is 5. The maximum Gasteiger partial charge on any atom is 0.262 e. The van der Waals surface area contributed by atoms with Gasteiger partial charge < -0.3 is 10.3 Å². The molecule has 0 saturated carbocycles. The Morgan fingerprint density at radius 2 is 1.90 bits per heavy atom. The summed E-state index contributed by atoms with van der Waals surface area (Å²) in [6.07, 6.45) is 1.47. The van der Waals surface area contributed by atoms with Crippen LogP contribution in [0.3, 0.4) is 0 Å². The Hall–Kier alpha value is -3.46. The van der Waals surface area contributed by atoms with Crippen molar-refractivity contribution in [2.24, 2.45) is 0 Å². The number of nitrogens with one attached hydrogen (secondary N) is 2. The van der Waals surface area contributed by atoms with Crippen LogP contribution in [0.2, 0.25) is 0 Å². The molecule has 0 fully saturated rings. The van der Waals surface area contributed by atoms with Crippen LogP contribution >= 0.6 is 11.8 Å². The summed E-state index contributed by atoms with van der Waals surface area (Å²) in [5, 5.41) is 7.61. The zero-order valence-electron chi connectivity index (χ0n) is 15.3. The second-order valence-electron chi connectivity index (χ2n) is 6.34. The van der Waals surface area contributed by atoms with Crippen molar-refractivity contribution >= 4 is 34.4 Å². The Kier molecular flexibility index (Phi) is 5.13. The van der Waals surface area contributed by atoms with Crippen LogP contribution in [-0.4, -0.2) is 31.4 Å². The zero-order valence-corrected chi connectivity index (χ0v) is 16.2. The van der Waals surface area contributed by atoms with E-state index in [1.807, 2.05) is 31.2 Å². The molecule has 4 rings (SSSR count). The average Bonchev–Trinajstić information content (AvgIpc) is 3.13. The van der Waals surface area contributed by atoms with E-state index in [1.165, 1.54) is 30.5 Å². The number of nitrogens with zero attached hydrogens (tertiary/aromatic N) is 3. The molecule has 1 amide bonds. The van der Waals surface area contributed by atoms with E-state index in [1.54, 1.807) is 4.68 Å². The molecule has 9 heteroatoms. The first kappa shape index (κ1) is 18.9. The average molecular weight is 409 g/mol. The minimum absolute atomic E-state index is 0.0322. The Balaban J connectivity index is 1.54. The van der Waals surface area contributed by atoms with E-state index in [4.69, 9.17) is 0 Å². The van der Waals surface area contributed by atoms with Crippen molar-refractivity contribution in [3.05, 3.63) is 76.5 Å². The number of hydrogen-bond donors (Lipinski definition) is 2. The molecule has 0 aliphatic rings. The highest BCUT2D eigenvalue weighted by Crippen LogP contribution is 2.18. The van der Waals surface area contributed by atoms with Gasteiger partial charge in [0.25, 0.3) is 5.56 Å². The molecule has 2 N–H and O–H groups in total. The molecule has 2 heterocycles. The van der Waals surface area contributed by atoms with Gasteiger partial charge in [0.1, 0.15) is 11.2 Å². The molecule has 29 heavy (non-hydrogen) atoms. The fourth-order valence-corrected chi connectivity index (χ4v) is 3.36. The van der Waals surface area contributed by atoms with Gasteiger partial charge in [0, 0.05) is 5.69 Å². The molecule has 2 aromatic heterocycles. The zero-order chi connectivity index (χ0) is 20.4. The molecule has 0 saturated heterocycles. The molecule has 0 bridgehead atoms. The fourth-order valence-electron chi connectivity index (χ4n) is 2.71. The molecule has 0 spiro atoms. The lowest BCUT2D eigenvalue weighted by Crippen LogP contribution is -2.15. The number of fused-ring (bicyclic) bond motifs is 1. The summed E-state index contributed by atoms with van der Waals surface area (Å²) in [7, 11) is 0. The molecule has 0 aliphatic heterocycles. The van der Waals surface area contributed by atoms with Crippen molar-refractivity contribution in [1.82, 2.24) is 19.7 Å². The van der Waals surface area contributed by atoms with Gasteiger partial charge in [-0.15, -0.1) is 0 Å². The van der Waals surface area contributed by atoms with Crippen molar-refractivity contribution in [3.63, 3.8) is 0 Å². The van der Waals surface area contributed by atoms with Gasteiger partial charge >= 0.3 is 0 Å². The predicted molar refractivity (Wildman–Crippen MR) is 110 cm³/mol. The largest absolute Gasteiger partial charge is 0.325 e. The molecule has 2 aromatic carbocycles. The van der Waals surface area contributed by atoms with Crippen LogP contribution in [0, 0.1) is 12.7 Å². The quantitative estimate of drug-likeness (QED) is 0.390. The first-order valence-electron chi connectivity index (χ1n) is 8.73. The van der Waals surface area contributed by atoms with E-state index in [0.717, 1.165) is 23.0 Å². The number of thioether (sulfide) groups is 1. The second kappa shape index (κ2) is 7.88. The number of anilines is 1. The van der Waals surface area contributed by atoms with Crippen LogP contribution in [0.1, 0.15) is 5.56 Å². The van der Waals surface area contributed by atoms with E-state index >= 15 is 0 Å². The number of aromatic nitrogens is 4. The van der Waals surface area contributed by atoms with Crippen molar-refractivity contribution in [2.75, 3.05) is 11.1 Å². The normalized spacial score (nSPS) is 11.0. The summed E-state index contributed by atoms with van der Waals surface area (Å²) in [4.78, 5) is 31.6. The van der Waals surface area contributed by atoms with Crippen LogP contribution in [0.5, 0.6) is 0 Å². The van der Waals surface area contributed by atoms with Gasteiger partial charge in [-0.05, 0) is 43.3 Å². The monoisotopic (exact) mass is 409 g/mol. The lowest BCUT2D eigenvalue weighted by molar-refractivity contribution is -0.113. The number of hydrogen-bond acceptors (Lipinski definition) is 5. The Morgan fingerprint density at radius 3 is 2.62 bits per heavy atom. The van der Waals surface area contributed by atoms with Crippen molar-refractivity contribution in [1.29, 1.82) is 0 Å². The number of aryl methyl sites for hydroxylation is 1. The molecule has 0 atom stereocenters. The molecule has 0 radical (unpaired) electrons. The van der Waals surface area contributed by atoms with Gasteiger partial charge in [-0.25, -0.2) is 14.1 Å². The SMILES string of the molecule is Cc1ccc(-n2ncc3c(=O)[nH]c(SCC(=O)Nc4ccc(F)cc4)nc32)cc1. The van der Waals surface area contributed by atoms with Gasteiger partial charge in [-0.2, -0.15) is 5.10 Å². The van der Waals surface area contributed by atoms with Crippen LogP contribution in [-0.2, 0) is 4.79 Å². The van der Waals surface area contributed by atoms with Gasteiger partial charge in [0.05, 0.1) is 17.6 Å². The molecule has 0 unspecified atom stereocenters. The molecular weight excluding hydrogens is 393 g/mol. The first-order chi connectivity index (χ1) is 14.0. The Morgan fingerprint density at radius 1 is 1.17 bits per heavy atom. The minimum Gasteiger partial charge on any atom is -0.325 e. The lowest BCUT2D eigenvalue weighted by Gasteiger charge is -2.06. The number of carbonyl (C=O) groups excluding carboxylic acids is 1. The topological polar surface area (TPSA) is 92.7 Å². The standard InChI is InChI=1S/C20H16FN5O2S/c1-12-2-8-15(9-3-12)26-18-16(10-22-26)19(28)25-20(24-18)29-11-17(27)23-14-6-4-13(21)5-7-14/h2-10H,11H2,1H3,(H,23,27)(H,24,25,28). The van der Waals surface area contributed by atoms with Gasteiger partial charge in [-0.1, -0.05) is 29.5 Å². The highest BCUT2D eigenvalue weighted by molar-refractivity contribution is 7.99. The summed E-state index contributed by atoms with van der Waals surface area (Å²) in [6, 6.07) is 13.2. The van der Waals surface area contributed by atoms with Crippen LogP contribution < -0.4 is 10.9 Å². The minimum atomic E-state index is -0.377. The highest BCUT2D eigenvalue weighted by Gasteiger charge is 2.13. The van der Waals surface area contributed by atoms with Gasteiger partial charge in [0.2, 0.25) is 5.91 Å². The summed E-state index contributed by atoms with van der Waals surface area (Å²) in [5.74, 6) is -0.640. The summed E-state index contributed by atoms with van der Waals surface area (Å²) >= 11 is 1.10. The van der Waals surface area contributed by atoms with Crippen LogP contribution in [0.15, 0.2) is 64.7 Å². The maximum absolute atomic E-state index is 12.9. The second-order valence-corrected chi connectivity index (χ2v) is 7.31. The third-order valence-corrected chi connectivity index (χ3v) is 5.04. The van der Waals surface area contributed by atoms with Gasteiger partial charge in [0.15, 0.2) is 10.8 Å². The number of aromatic amines is 1. The van der Waals surface area contributed by atoms with E-state index in [9.17, 15) is 14.0 Å². The Labute approximate surface area is 169 Å². The number of H-pyrrole nitrogens is 1. The smallest absolute Gasteiger partial charge is 0.262 e. The fraction of sp³-hybridized carbons (Fsp3) is 0.100. The molecular formula is C20H16FN5O2S. The number of halogens is 1. The van der Waals surface area contributed by atoms with Crippen molar-refractivity contribution < 1.29 is 9.18 Å². The van der Waals surface area contributed by atoms with E-state index in [-0.39, 0.29) is 23.0 Å². The lowest BCUT2D eigenvalue weighted by atomic mass is 10.2. The first-order valence-corrected chi connectivity index (χ1v) is 9.71. The molecule has 146 valence electrons. The molecule has 7 nitrogen and oxygen atoms in total. The summed E-state index contributed by atoms with van der Waals surface area (Å²) in [5.41, 5.74) is 2.48. The van der Waals surface area contributed by atoms with Crippen LogP contribution in [0.25, 0.3) is 16.7 Å². The highest BCUT2D eigenvalue weighted by atomic mass is 32.2. The number of benzene rings is 2. The van der Waals surface area contributed by atoms with Crippen LogP contribution in [0.4, 0.5) is 10.1 Å². The van der Waals surface area contributed by atoms with Crippen molar-refractivity contribution in [3.8, 4) is 5.69 Å². The maximum atomic E-state index is 12.9. The van der Waals surface area contributed by atoms with E-state index in [2.05, 4.69) is 20.4 Å². The van der Waals surface area contributed by atoms with Gasteiger partial charge in [-0.3, -0.25) is 9.59 Å².